The summed E-state index contributed by atoms with van der Waals surface area (Å²) >= 11 is 0. The smallest absolute Gasteiger partial charge is 0.333 e. The normalized spacial score (nSPS) is 23.2. The zero-order valence-electron chi connectivity index (χ0n) is 18.5. The van der Waals surface area contributed by atoms with E-state index in [1.165, 1.54) is 14.0 Å². The number of hydrogen-bond acceptors (Lipinski definition) is 10. The van der Waals surface area contributed by atoms with Crippen molar-refractivity contribution in [3.8, 4) is 18.2 Å². The fourth-order valence-electron chi connectivity index (χ4n) is 3.84. The van der Waals surface area contributed by atoms with E-state index in [-0.39, 0.29) is 36.0 Å². The van der Waals surface area contributed by atoms with Gasteiger partial charge in [0.05, 0.1) is 13.7 Å². The SMILES string of the molecule is C#CCn1c(=O)n([C@@H]2O[C@H]([C@H](CC)OC(C)=O)[C@H](F)[C@H]2OC(C)=O)c2nc(N)nc(OC)c21. The van der Waals surface area contributed by atoms with E-state index < -0.39 is 48.3 Å². The quantitative estimate of drug-likeness (QED) is 0.447. The molecule has 0 aromatic carbocycles. The largest absolute Gasteiger partial charge is 0.479 e. The third-order valence-electron chi connectivity index (χ3n) is 5.08. The summed E-state index contributed by atoms with van der Waals surface area (Å²) in [7, 11) is 1.32. The van der Waals surface area contributed by atoms with Crippen LogP contribution in [0.25, 0.3) is 11.2 Å². The fourth-order valence-corrected chi connectivity index (χ4v) is 3.84. The average Bonchev–Trinajstić information content (AvgIpc) is 3.19. The molecule has 2 N–H and O–H groups in total. The molecule has 2 aromatic rings. The molecule has 1 aliphatic rings. The zero-order valence-corrected chi connectivity index (χ0v) is 18.5. The highest BCUT2D eigenvalue weighted by Gasteiger charge is 2.53. The Bertz CT molecular complexity index is 1170. The van der Waals surface area contributed by atoms with Gasteiger partial charge in [-0.1, -0.05) is 12.8 Å². The highest BCUT2D eigenvalue weighted by molar-refractivity contribution is 5.79. The predicted octanol–water partition coefficient (Wildman–Crippen LogP) is 0.326. The van der Waals surface area contributed by atoms with Gasteiger partial charge >= 0.3 is 17.6 Å². The van der Waals surface area contributed by atoms with Gasteiger partial charge in [-0.25, -0.2) is 13.8 Å². The molecule has 3 rings (SSSR count). The summed E-state index contributed by atoms with van der Waals surface area (Å²) in [6.07, 6.45) is -1.65. The van der Waals surface area contributed by atoms with Crippen molar-refractivity contribution >= 4 is 29.1 Å². The number of carbonyl (C=O) groups excluding carboxylic acids is 2. The number of anilines is 1. The summed E-state index contributed by atoms with van der Waals surface area (Å²) in [6, 6.07) is 0. The van der Waals surface area contributed by atoms with E-state index in [1.54, 1.807) is 6.92 Å². The van der Waals surface area contributed by atoms with Gasteiger partial charge in [0.25, 0.3) is 0 Å². The van der Waals surface area contributed by atoms with Gasteiger partial charge in [-0.15, -0.1) is 6.42 Å². The number of hydrogen-bond donors (Lipinski definition) is 1. The monoisotopic (exact) mass is 465 g/mol. The molecule has 1 aliphatic heterocycles. The second kappa shape index (κ2) is 9.45. The number of ether oxygens (including phenoxy) is 4. The Kier molecular flexibility index (Phi) is 6.87. The first kappa shape index (κ1) is 24.0. The maximum Gasteiger partial charge on any atom is 0.333 e. The molecule has 178 valence electrons. The van der Waals surface area contributed by atoms with Gasteiger partial charge in [-0.3, -0.25) is 14.2 Å². The average molecular weight is 465 g/mol. The lowest BCUT2D eigenvalue weighted by atomic mass is 10.0. The molecule has 1 saturated heterocycles. The number of alkyl halides is 1. The molecule has 2 aromatic heterocycles. The Morgan fingerprint density at radius 3 is 2.58 bits per heavy atom. The van der Waals surface area contributed by atoms with Crippen LogP contribution in [0.4, 0.5) is 10.3 Å². The number of carbonyl (C=O) groups is 2. The van der Waals surface area contributed by atoms with E-state index in [2.05, 4.69) is 15.9 Å². The number of halogens is 1. The van der Waals surface area contributed by atoms with Crippen LogP contribution in [0, 0.1) is 12.3 Å². The van der Waals surface area contributed by atoms with Crippen molar-refractivity contribution in [2.75, 3.05) is 12.8 Å². The Labute approximate surface area is 187 Å². The van der Waals surface area contributed by atoms with E-state index >= 15 is 4.39 Å². The van der Waals surface area contributed by atoms with Gasteiger partial charge in [0.15, 0.2) is 29.7 Å². The minimum atomic E-state index is -1.93. The number of fused-ring (bicyclic) bond motifs is 1. The minimum absolute atomic E-state index is 0.0367. The van der Waals surface area contributed by atoms with Crippen molar-refractivity contribution in [2.45, 2.75) is 64.4 Å². The first-order valence-electron chi connectivity index (χ1n) is 10.0. The van der Waals surface area contributed by atoms with Gasteiger partial charge < -0.3 is 24.7 Å². The summed E-state index contributed by atoms with van der Waals surface area (Å²) in [5.74, 6) is 0.639. The first-order chi connectivity index (χ1) is 15.6. The molecule has 12 nitrogen and oxygen atoms in total. The molecule has 33 heavy (non-hydrogen) atoms. The zero-order chi connectivity index (χ0) is 24.4. The molecule has 0 unspecified atom stereocenters. The van der Waals surface area contributed by atoms with Crippen LogP contribution in [0.2, 0.25) is 0 Å². The highest BCUT2D eigenvalue weighted by atomic mass is 19.1. The van der Waals surface area contributed by atoms with E-state index in [0.717, 1.165) is 16.1 Å². The highest BCUT2D eigenvalue weighted by Crippen LogP contribution is 2.38. The minimum Gasteiger partial charge on any atom is -0.479 e. The van der Waals surface area contributed by atoms with Crippen molar-refractivity contribution in [2.24, 2.45) is 0 Å². The number of esters is 2. The Balaban J connectivity index is 2.23. The van der Waals surface area contributed by atoms with E-state index in [0.29, 0.717) is 0 Å². The standard InChI is InChI=1S/C20H24FN5O7/c1-6-8-25-13-16(23-19(22)24-17(13)30-5)26(20(25)29)18-15(32-10(4)28)12(21)14(33-18)11(7-2)31-9(3)27/h1,11-12,14-15,18H,7-8H2,2-5H3,(H2,22,23,24)/t11-,12-,14+,15+,18+/m0/s1. The van der Waals surface area contributed by atoms with Gasteiger partial charge in [0.1, 0.15) is 12.2 Å². The molecule has 0 aliphatic carbocycles. The summed E-state index contributed by atoms with van der Waals surface area (Å²) in [6.45, 7) is 3.75. The van der Waals surface area contributed by atoms with Gasteiger partial charge in [-0.2, -0.15) is 9.97 Å². The number of aromatic nitrogens is 4. The van der Waals surface area contributed by atoms with Gasteiger partial charge in [0, 0.05) is 13.8 Å². The summed E-state index contributed by atoms with van der Waals surface area (Å²) in [4.78, 5) is 44.6. The fraction of sp³-hybridized carbons (Fsp3) is 0.550. The third kappa shape index (κ3) is 4.34. The Hall–Kier alpha value is -3.66. The lowest BCUT2D eigenvalue weighted by Crippen LogP contribution is -2.39. The van der Waals surface area contributed by atoms with Crippen LogP contribution < -0.4 is 16.2 Å². The molecule has 0 radical (unpaired) electrons. The van der Waals surface area contributed by atoms with Crippen molar-refractivity contribution in [3.63, 3.8) is 0 Å². The van der Waals surface area contributed by atoms with Crippen LogP contribution in [-0.4, -0.2) is 62.6 Å². The van der Waals surface area contributed by atoms with Crippen LogP contribution in [0.5, 0.6) is 5.88 Å². The molecule has 0 saturated carbocycles. The third-order valence-corrected chi connectivity index (χ3v) is 5.08. The van der Waals surface area contributed by atoms with Crippen LogP contribution in [-0.2, 0) is 30.3 Å². The maximum atomic E-state index is 15.5. The molecule has 13 heteroatoms. The van der Waals surface area contributed by atoms with Gasteiger partial charge in [0.2, 0.25) is 11.8 Å². The number of terminal acetylenes is 1. The number of nitrogens with zero attached hydrogens (tertiary/aromatic N) is 4. The van der Waals surface area contributed by atoms with E-state index in [1.807, 2.05) is 0 Å². The molecule has 0 amide bonds. The lowest BCUT2D eigenvalue weighted by Gasteiger charge is -2.23. The molecule has 0 bridgehead atoms. The van der Waals surface area contributed by atoms with Crippen LogP contribution in [0.3, 0.4) is 0 Å². The first-order valence-corrected chi connectivity index (χ1v) is 10.0. The van der Waals surface area contributed by atoms with Crippen molar-refractivity contribution in [1.82, 2.24) is 19.1 Å². The Morgan fingerprint density at radius 1 is 1.33 bits per heavy atom. The summed E-state index contributed by atoms with van der Waals surface area (Å²) in [5, 5.41) is 0. The molecular weight excluding hydrogens is 441 g/mol. The van der Waals surface area contributed by atoms with Gasteiger partial charge in [-0.05, 0) is 6.42 Å². The topological polar surface area (TPSA) is 150 Å². The summed E-state index contributed by atoms with van der Waals surface area (Å²) < 4.78 is 39.1. The summed E-state index contributed by atoms with van der Waals surface area (Å²) in [5.41, 5.74) is 5.07. The molecule has 5 atom stereocenters. The van der Waals surface area contributed by atoms with Crippen molar-refractivity contribution in [3.05, 3.63) is 10.5 Å². The number of nitrogen functional groups attached to an aromatic ring is 1. The second-order valence-corrected chi connectivity index (χ2v) is 7.27. The number of nitrogens with two attached hydrogens (primary N) is 1. The number of rotatable bonds is 7. The Morgan fingerprint density at radius 2 is 2.03 bits per heavy atom. The second-order valence-electron chi connectivity index (χ2n) is 7.27. The van der Waals surface area contributed by atoms with Crippen LogP contribution in [0.1, 0.15) is 33.4 Å². The van der Waals surface area contributed by atoms with Crippen molar-refractivity contribution in [1.29, 1.82) is 0 Å². The predicted molar refractivity (Wildman–Crippen MR) is 112 cm³/mol. The van der Waals surface area contributed by atoms with E-state index in [4.69, 9.17) is 31.1 Å². The number of imidazole rings is 1. The number of methoxy groups -OCH3 is 1. The molecule has 3 heterocycles. The lowest BCUT2D eigenvalue weighted by molar-refractivity contribution is -0.159. The maximum absolute atomic E-state index is 15.5. The molecule has 0 spiro atoms. The molecule has 1 fully saturated rings. The van der Waals surface area contributed by atoms with Crippen molar-refractivity contribution < 1.29 is 32.9 Å². The van der Waals surface area contributed by atoms with Crippen LogP contribution >= 0.6 is 0 Å². The van der Waals surface area contributed by atoms with E-state index in [9.17, 15) is 14.4 Å². The van der Waals surface area contributed by atoms with Crippen LogP contribution in [0.15, 0.2) is 4.79 Å². The molecular formula is C20H24FN5O7.